The molecular weight excluding hydrogens is 328 g/mol. The predicted octanol–water partition coefficient (Wildman–Crippen LogP) is 4.89. The Bertz CT molecular complexity index is 475. The van der Waals surface area contributed by atoms with Crippen molar-refractivity contribution < 1.29 is 19.1 Å². The van der Waals surface area contributed by atoms with Crippen molar-refractivity contribution in [1.29, 1.82) is 0 Å². The highest BCUT2D eigenvalue weighted by Gasteiger charge is 2.50. The van der Waals surface area contributed by atoms with Gasteiger partial charge in [-0.15, -0.1) is 0 Å². The molecule has 0 amide bonds. The van der Waals surface area contributed by atoms with Gasteiger partial charge in [-0.3, -0.25) is 9.59 Å². The number of ether oxygens (including phenoxy) is 2. The fraction of sp³-hybridized carbons (Fsp3) is 0.909. The zero-order valence-electron chi connectivity index (χ0n) is 16.8. The van der Waals surface area contributed by atoms with Crippen LogP contribution in [-0.2, 0) is 19.1 Å². The maximum Gasteiger partial charge on any atom is 0.306 e. The van der Waals surface area contributed by atoms with Crippen molar-refractivity contribution in [2.45, 2.75) is 91.1 Å². The average Bonchev–Trinajstić information content (AvgIpc) is 2.56. The van der Waals surface area contributed by atoms with Gasteiger partial charge in [0.05, 0.1) is 19.4 Å². The van der Waals surface area contributed by atoms with Crippen molar-refractivity contribution in [1.82, 2.24) is 0 Å². The standard InChI is InChI=1S/C22H36O4/c1-4-19(15(2)3)26-21(24)6-5-20(23)25-8-7-22-12-16-9-17(13-22)11-18(10-16)14-22/h15-19H,4-14H2,1-3H3. The highest BCUT2D eigenvalue weighted by molar-refractivity contribution is 5.77. The minimum atomic E-state index is -0.288. The molecule has 0 spiro atoms. The summed E-state index contributed by atoms with van der Waals surface area (Å²) < 4.78 is 10.9. The Morgan fingerprint density at radius 2 is 1.50 bits per heavy atom. The molecule has 1 unspecified atom stereocenters. The molecule has 148 valence electrons. The van der Waals surface area contributed by atoms with E-state index >= 15 is 0 Å². The molecule has 4 nitrogen and oxygen atoms in total. The van der Waals surface area contributed by atoms with Gasteiger partial charge in [0.1, 0.15) is 6.10 Å². The van der Waals surface area contributed by atoms with Crippen LogP contribution in [0.15, 0.2) is 0 Å². The van der Waals surface area contributed by atoms with Crippen LogP contribution in [0.2, 0.25) is 0 Å². The fourth-order valence-electron chi connectivity index (χ4n) is 6.17. The van der Waals surface area contributed by atoms with Crippen LogP contribution >= 0.6 is 0 Å². The van der Waals surface area contributed by atoms with Gasteiger partial charge in [0.25, 0.3) is 0 Å². The second-order valence-electron chi connectivity index (χ2n) is 9.57. The Labute approximate surface area is 158 Å². The summed E-state index contributed by atoms with van der Waals surface area (Å²) in [6.07, 6.45) is 10.4. The van der Waals surface area contributed by atoms with Gasteiger partial charge < -0.3 is 9.47 Å². The molecule has 0 radical (unpaired) electrons. The highest BCUT2D eigenvalue weighted by Crippen LogP contribution is 2.61. The molecule has 0 saturated heterocycles. The maximum atomic E-state index is 12.0. The van der Waals surface area contributed by atoms with Gasteiger partial charge in [-0.05, 0) is 80.5 Å². The lowest BCUT2D eigenvalue weighted by atomic mass is 9.49. The van der Waals surface area contributed by atoms with E-state index in [1.54, 1.807) is 0 Å². The van der Waals surface area contributed by atoms with Crippen LogP contribution < -0.4 is 0 Å². The molecule has 0 heterocycles. The lowest BCUT2D eigenvalue weighted by Crippen LogP contribution is -2.46. The van der Waals surface area contributed by atoms with Gasteiger partial charge in [-0.2, -0.15) is 0 Å². The van der Waals surface area contributed by atoms with Crippen LogP contribution in [-0.4, -0.2) is 24.6 Å². The van der Waals surface area contributed by atoms with Crippen LogP contribution in [0, 0.1) is 29.1 Å². The number of hydrogen-bond acceptors (Lipinski definition) is 4. The molecule has 0 aromatic carbocycles. The summed E-state index contributed by atoms with van der Waals surface area (Å²) in [5.41, 5.74) is 0.444. The Morgan fingerprint density at radius 3 is 2.00 bits per heavy atom. The summed E-state index contributed by atoms with van der Waals surface area (Å²) >= 11 is 0. The van der Waals surface area contributed by atoms with E-state index in [4.69, 9.17) is 9.47 Å². The molecule has 0 aromatic heterocycles. The first kappa shape index (κ1) is 19.7. The van der Waals surface area contributed by atoms with Crippen molar-refractivity contribution >= 4 is 11.9 Å². The van der Waals surface area contributed by atoms with Crippen molar-refractivity contribution in [3.63, 3.8) is 0 Å². The van der Waals surface area contributed by atoms with Crippen molar-refractivity contribution in [2.24, 2.45) is 29.1 Å². The first-order valence-electron chi connectivity index (χ1n) is 10.7. The highest BCUT2D eigenvalue weighted by atomic mass is 16.5. The topological polar surface area (TPSA) is 52.6 Å². The number of carbonyl (C=O) groups excluding carboxylic acids is 2. The van der Waals surface area contributed by atoms with Gasteiger partial charge >= 0.3 is 11.9 Å². The molecule has 4 rings (SSSR count). The molecule has 0 aliphatic heterocycles. The molecule has 1 atom stereocenters. The van der Waals surface area contributed by atoms with Crippen LogP contribution in [0.4, 0.5) is 0 Å². The second-order valence-corrected chi connectivity index (χ2v) is 9.57. The Kier molecular flexibility index (Phi) is 6.29. The quantitative estimate of drug-likeness (QED) is 0.546. The zero-order chi connectivity index (χ0) is 18.7. The summed E-state index contributed by atoms with van der Waals surface area (Å²) in [6.45, 7) is 6.61. The molecule has 4 aliphatic rings. The van der Waals surface area contributed by atoms with Gasteiger partial charge in [-0.1, -0.05) is 20.8 Å². The largest absolute Gasteiger partial charge is 0.466 e. The van der Waals surface area contributed by atoms with E-state index in [2.05, 4.69) is 0 Å². The van der Waals surface area contributed by atoms with Gasteiger partial charge in [0, 0.05) is 0 Å². The van der Waals surface area contributed by atoms with E-state index in [-0.39, 0.29) is 30.9 Å². The molecule has 26 heavy (non-hydrogen) atoms. The fourth-order valence-corrected chi connectivity index (χ4v) is 6.17. The minimum absolute atomic E-state index is 0.0606. The van der Waals surface area contributed by atoms with Crippen LogP contribution in [0.5, 0.6) is 0 Å². The van der Waals surface area contributed by atoms with Crippen LogP contribution in [0.1, 0.15) is 85.0 Å². The normalized spacial score (nSPS) is 33.3. The molecule has 0 N–H and O–H groups in total. The minimum Gasteiger partial charge on any atom is -0.466 e. The van der Waals surface area contributed by atoms with E-state index in [1.807, 2.05) is 20.8 Å². The van der Waals surface area contributed by atoms with Gasteiger partial charge in [0.2, 0.25) is 0 Å². The summed E-state index contributed by atoms with van der Waals surface area (Å²) in [7, 11) is 0. The Hall–Kier alpha value is -1.06. The van der Waals surface area contributed by atoms with E-state index in [1.165, 1.54) is 38.5 Å². The number of rotatable bonds is 9. The SMILES string of the molecule is CCC(OC(=O)CCC(=O)OCCC12CC3CC(CC(C3)C1)C2)C(C)C. The van der Waals surface area contributed by atoms with Crippen molar-refractivity contribution in [2.75, 3.05) is 6.61 Å². The smallest absolute Gasteiger partial charge is 0.306 e. The molecule has 4 bridgehead atoms. The van der Waals surface area contributed by atoms with E-state index < -0.39 is 0 Å². The van der Waals surface area contributed by atoms with Gasteiger partial charge in [-0.25, -0.2) is 0 Å². The number of carbonyl (C=O) groups is 2. The Balaban J connectivity index is 1.34. The maximum absolute atomic E-state index is 12.0. The van der Waals surface area contributed by atoms with Crippen LogP contribution in [0.25, 0.3) is 0 Å². The van der Waals surface area contributed by atoms with E-state index in [0.29, 0.717) is 17.9 Å². The third kappa shape index (κ3) is 4.80. The molecule has 4 heteroatoms. The van der Waals surface area contributed by atoms with E-state index in [0.717, 1.165) is 30.6 Å². The predicted molar refractivity (Wildman–Crippen MR) is 100 cm³/mol. The first-order chi connectivity index (χ1) is 12.4. The number of hydrogen-bond donors (Lipinski definition) is 0. The lowest BCUT2D eigenvalue weighted by Gasteiger charge is -2.57. The second kappa shape index (κ2) is 8.31. The first-order valence-corrected chi connectivity index (χ1v) is 10.7. The third-order valence-electron chi connectivity index (χ3n) is 7.02. The lowest BCUT2D eigenvalue weighted by molar-refractivity contribution is -0.156. The summed E-state index contributed by atoms with van der Waals surface area (Å²) in [4.78, 5) is 23.9. The number of esters is 2. The molecular formula is C22H36O4. The monoisotopic (exact) mass is 364 g/mol. The van der Waals surface area contributed by atoms with Crippen molar-refractivity contribution in [3.05, 3.63) is 0 Å². The van der Waals surface area contributed by atoms with Crippen LogP contribution in [0.3, 0.4) is 0 Å². The molecule has 4 saturated carbocycles. The third-order valence-corrected chi connectivity index (χ3v) is 7.02. The van der Waals surface area contributed by atoms with Crippen molar-refractivity contribution in [3.8, 4) is 0 Å². The zero-order valence-corrected chi connectivity index (χ0v) is 16.8. The molecule has 0 aromatic rings. The van der Waals surface area contributed by atoms with E-state index in [9.17, 15) is 9.59 Å². The summed E-state index contributed by atoms with van der Waals surface area (Å²) in [6, 6.07) is 0. The summed E-state index contributed by atoms with van der Waals surface area (Å²) in [5.74, 6) is 2.54. The van der Waals surface area contributed by atoms with Gasteiger partial charge in [0.15, 0.2) is 0 Å². The molecule has 4 aliphatic carbocycles. The average molecular weight is 365 g/mol. The molecule has 4 fully saturated rings. The Morgan fingerprint density at radius 1 is 0.962 bits per heavy atom. The summed E-state index contributed by atoms with van der Waals surface area (Å²) in [5, 5.41) is 0.